The van der Waals surface area contributed by atoms with Gasteiger partial charge in [0.1, 0.15) is 0 Å². The molecular weight excluding hydrogens is 204 g/mol. The minimum Gasteiger partial charge on any atom is -0.0840 e. The van der Waals surface area contributed by atoms with Crippen LogP contribution >= 0.6 is 11.6 Å². The smallest absolute Gasteiger partial charge is 0.0438 e. The van der Waals surface area contributed by atoms with Gasteiger partial charge in [0.2, 0.25) is 0 Å². The lowest BCUT2D eigenvalue weighted by Crippen LogP contribution is -1.94. The maximum atomic E-state index is 6.16. The highest BCUT2D eigenvalue weighted by Crippen LogP contribution is 2.58. The summed E-state index contributed by atoms with van der Waals surface area (Å²) >= 11 is 6.16. The van der Waals surface area contributed by atoms with Crippen LogP contribution in [0.1, 0.15) is 37.8 Å². The second kappa shape index (κ2) is 3.83. The molecule has 0 heterocycles. The molecule has 15 heavy (non-hydrogen) atoms. The molecule has 0 aromatic heterocycles. The molecule has 0 amide bonds. The highest BCUT2D eigenvalue weighted by atomic mass is 35.5. The van der Waals surface area contributed by atoms with Crippen molar-refractivity contribution in [3.63, 3.8) is 0 Å². The topological polar surface area (TPSA) is 0 Å². The van der Waals surface area contributed by atoms with Crippen LogP contribution in [0.5, 0.6) is 0 Å². The van der Waals surface area contributed by atoms with Crippen molar-refractivity contribution < 1.29 is 0 Å². The quantitative estimate of drug-likeness (QED) is 0.683. The van der Waals surface area contributed by atoms with E-state index >= 15 is 0 Å². The van der Waals surface area contributed by atoms with Crippen LogP contribution in [0.3, 0.4) is 0 Å². The second-order valence-electron chi connectivity index (χ2n) is 5.16. The molecule has 1 aliphatic carbocycles. The van der Waals surface area contributed by atoms with Gasteiger partial charge in [-0.1, -0.05) is 44.5 Å². The first-order valence-corrected chi connectivity index (χ1v) is 6.17. The minimum atomic E-state index is 0.740. The Morgan fingerprint density at radius 3 is 2.47 bits per heavy atom. The van der Waals surface area contributed by atoms with Crippen molar-refractivity contribution in [3.8, 4) is 0 Å². The largest absolute Gasteiger partial charge is 0.0840 e. The number of halogens is 1. The van der Waals surface area contributed by atoms with E-state index in [0.29, 0.717) is 0 Å². The maximum absolute atomic E-state index is 6.16. The average Bonchev–Trinajstić information content (AvgIpc) is 2.82. The number of hydrogen-bond donors (Lipinski definition) is 0. The highest BCUT2D eigenvalue weighted by Gasteiger charge is 2.49. The average molecular weight is 223 g/mol. The van der Waals surface area contributed by atoms with Gasteiger partial charge in [0.15, 0.2) is 0 Å². The van der Waals surface area contributed by atoms with E-state index in [-0.39, 0.29) is 0 Å². The van der Waals surface area contributed by atoms with Crippen LogP contribution in [-0.4, -0.2) is 0 Å². The van der Waals surface area contributed by atoms with E-state index in [4.69, 9.17) is 11.6 Å². The van der Waals surface area contributed by atoms with Crippen molar-refractivity contribution in [2.24, 2.45) is 17.8 Å². The Bertz CT molecular complexity index is 368. The summed E-state index contributed by atoms with van der Waals surface area (Å²) in [5.41, 5.74) is 2.74. The summed E-state index contributed by atoms with van der Waals surface area (Å²) < 4.78 is 0. The van der Waals surface area contributed by atoms with Crippen LogP contribution in [0.2, 0.25) is 5.02 Å². The van der Waals surface area contributed by atoms with Gasteiger partial charge in [-0.25, -0.2) is 0 Å². The first kappa shape index (κ1) is 11.0. The van der Waals surface area contributed by atoms with Gasteiger partial charge in [0, 0.05) is 5.02 Å². The summed E-state index contributed by atoms with van der Waals surface area (Å²) in [6.45, 7) is 9.14. The van der Waals surface area contributed by atoms with Crippen LogP contribution < -0.4 is 0 Å². The fourth-order valence-electron chi connectivity index (χ4n) is 2.99. The molecule has 0 aliphatic heterocycles. The van der Waals surface area contributed by atoms with Gasteiger partial charge >= 0.3 is 0 Å². The fraction of sp³-hybridized carbons (Fsp3) is 0.571. The SMILES string of the molecule is Cc1c(Cl)cccc1C1C(C)C1C(C)C. The van der Waals surface area contributed by atoms with Crippen molar-refractivity contribution >= 4 is 11.6 Å². The Morgan fingerprint density at radius 2 is 1.93 bits per heavy atom. The molecular formula is C14H19Cl. The van der Waals surface area contributed by atoms with Gasteiger partial charge < -0.3 is 0 Å². The third-order valence-electron chi connectivity index (χ3n) is 3.89. The lowest BCUT2D eigenvalue weighted by atomic mass is 9.99. The van der Waals surface area contributed by atoms with Crippen LogP contribution in [0, 0.1) is 24.7 Å². The lowest BCUT2D eigenvalue weighted by Gasteiger charge is -2.08. The normalized spacial score (nSPS) is 29.6. The summed E-state index contributed by atoms with van der Waals surface area (Å²) in [5.74, 6) is 3.19. The third-order valence-corrected chi connectivity index (χ3v) is 4.30. The summed E-state index contributed by atoms with van der Waals surface area (Å²) in [5, 5.41) is 0.911. The molecule has 2 rings (SSSR count). The highest BCUT2D eigenvalue weighted by molar-refractivity contribution is 6.31. The van der Waals surface area contributed by atoms with Gasteiger partial charge in [0.05, 0.1) is 0 Å². The van der Waals surface area contributed by atoms with Crippen LogP contribution in [-0.2, 0) is 0 Å². The molecule has 3 unspecified atom stereocenters. The van der Waals surface area contributed by atoms with Crippen molar-refractivity contribution in [1.29, 1.82) is 0 Å². The van der Waals surface area contributed by atoms with E-state index in [0.717, 1.165) is 28.7 Å². The van der Waals surface area contributed by atoms with Gasteiger partial charge in [-0.05, 0) is 47.8 Å². The fourth-order valence-corrected chi connectivity index (χ4v) is 3.17. The van der Waals surface area contributed by atoms with Crippen molar-refractivity contribution in [2.45, 2.75) is 33.6 Å². The van der Waals surface area contributed by atoms with Crippen LogP contribution in [0.25, 0.3) is 0 Å². The van der Waals surface area contributed by atoms with Crippen LogP contribution in [0.15, 0.2) is 18.2 Å². The first-order chi connectivity index (χ1) is 7.04. The van der Waals surface area contributed by atoms with E-state index in [9.17, 15) is 0 Å². The molecule has 0 bridgehead atoms. The maximum Gasteiger partial charge on any atom is 0.0438 e. The number of rotatable bonds is 2. The monoisotopic (exact) mass is 222 g/mol. The zero-order valence-electron chi connectivity index (χ0n) is 9.92. The molecule has 0 N–H and O–H groups in total. The summed E-state index contributed by atoms with van der Waals surface area (Å²) in [6.07, 6.45) is 0. The van der Waals surface area contributed by atoms with Crippen molar-refractivity contribution in [2.75, 3.05) is 0 Å². The zero-order chi connectivity index (χ0) is 11.2. The molecule has 1 fully saturated rings. The Hall–Kier alpha value is -0.490. The van der Waals surface area contributed by atoms with E-state index < -0.39 is 0 Å². The molecule has 1 aromatic carbocycles. The third kappa shape index (κ3) is 1.80. The molecule has 0 saturated heterocycles. The standard InChI is InChI=1S/C14H19Cl/c1-8(2)13-10(4)14(13)11-6-5-7-12(15)9(11)3/h5-8,10,13-14H,1-4H3. The Balaban J connectivity index is 2.29. The van der Waals surface area contributed by atoms with Crippen molar-refractivity contribution in [3.05, 3.63) is 34.3 Å². The van der Waals surface area contributed by atoms with Gasteiger partial charge in [-0.3, -0.25) is 0 Å². The number of hydrogen-bond acceptors (Lipinski definition) is 0. The van der Waals surface area contributed by atoms with Gasteiger partial charge in [-0.2, -0.15) is 0 Å². The molecule has 3 atom stereocenters. The van der Waals surface area contributed by atoms with E-state index in [2.05, 4.69) is 39.8 Å². The van der Waals surface area contributed by atoms with E-state index in [1.807, 2.05) is 6.07 Å². The zero-order valence-corrected chi connectivity index (χ0v) is 10.7. The van der Waals surface area contributed by atoms with E-state index in [1.165, 1.54) is 11.1 Å². The Labute approximate surface area is 97.6 Å². The molecule has 1 heteroatoms. The van der Waals surface area contributed by atoms with Gasteiger partial charge in [0.25, 0.3) is 0 Å². The molecule has 0 radical (unpaired) electrons. The molecule has 1 aromatic rings. The van der Waals surface area contributed by atoms with E-state index in [1.54, 1.807) is 0 Å². The molecule has 1 saturated carbocycles. The Morgan fingerprint density at radius 1 is 1.27 bits per heavy atom. The summed E-state index contributed by atoms with van der Waals surface area (Å²) in [6, 6.07) is 6.30. The minimum absolute atomic E-state index is 0.740. The van der Waals surface area contributed by atoms with Crippen LogP contribution in [0.4, 0.5) is 0 Å². The molecule has 82 valence electrons. The van der Waals surface area contributed by atoms with Gasteiger partial charge in [-0.15, -0.1) is 0 Å². The number of benzene rings is 1. The molecule has 1 aliphatic rings. The summed E-state index contributed by atoms with van der Waals surface area (Å²) in [7, 11) is 0. The lowest BCUT2D eigenvalue weighted by molar-refractivity contribution is 0.523. The Kier molecular flexibility index (Phi) is 2.81. The predicted molar refractivity (Wildman–Crippen MR) is 66.4 cm³/mol. The second-order valence-corrected chi connectivity index (χ2v) is 5.57. The van der Waals surface area contributed by atoms with Crippen molar-refractivity contribution in [1.82, 2.24) is 0 Å². The summed E-state index contributed by atoms with van der Waals surface area (Å²) in [4.78, 5) is 0. The first-order valence-electron chi connectivity index (χ1n) is 5.79. The predicted octanol–water partition coefficient (Wildman–Crippen LogP) is 4.65. The molecule has 0 nitrogen and oxygen atoms in total. The molecule has 0 spiro atoms.